The largest absolute Gasteiger partial charge is 1.00 e. The Morgan fingerprint density at radius 1 is 0.556 bits per heavy atom. The molecule has 0 amide bonds. The first-order valence-corrected chi connectivity index (χ1v) is 22.2. The van der Waals surface area contributed by atoms with Crippen LogP contribution in [0.4, 0.5) is 0 Å². The maximum absolute atomic E-state index is 5.46. The normalized spacial score (nSPS) is 18.0. The number of benzene rings is 4. The third kappa shape index (κ3) is 5.68. The van der Waals surface area contributed by atoms with Gasteiger partial charge in [-0.3, -0.25) is 0 Å². The number of fused-ring (bicyclic) bond motifs is 2. The molecule has 232 valence electrons. The van der Waals surface area contributed by atoms with Gasteiger partial charge in [-0.15, -0.1) is 0 Å². The molecule has 5 heteroatoms. The van der Waals surface area contributed by atoms with Crippen molar-refractivity contribution in [3.8, 4) is 33.8 Å². The summed E-state index contributed by atoms with van der Waals surface area (Å²) in [5.74, 6) is 2.88. The number of methoxy groups -OCH3 is 2. The molecule has 0 spiro atoms. The van der Waals surface area contributed by atoms with Crippen molar-refractivity contribution in [1.29, 1.82) is 0 Å². The van der Waals surface area contributed by atoms with E-state index in [0.717, 1.165) is 11.5 Å². The SMILES string of the molecule is COc1ccc(-c2cccc3c2C=C(C(C)C)[CH]3[Zr+2]2([CH]3C(C(C)C)=Cc4c(-c5ccc(OC)cc5)cccc43)[CH2][CH2]2)cc1.[Cl-].[Cl-]. The fraction of sp³-hybridized carbons (Fsp3) is 0.300. The minimum atomic E-state index is -2.81. The Morgan fingerprint density at radius 2 is 0.933 bits per heavy atom. The average molecular weight is 717 g/mol. The van der Waals surface area contributed by atoms with Crippen molar-refractivity contribution in [2.75, 3.05) is 14.2 Å². The molecule has 0 saturated carbocycles. The first-order chi connectivity index (χ1) is 20.9. The molecule has 0 bridgehead atoms. The van der Waals surface area contributed by atoms with Gasteiger partial charge in [-0.2, -0.15) is 0 Å². The van der Waals surface area contributed by atoms with E-state index >= 15 is 0 Å². The second-order valence-corrected chi connectivity index (χ2v) is 24.6. The van der Waals surface area contributed by atoms with E-state index in [-0.39, 0.29) is 24.8 Å². The van der Waals surface area contributed by atoms with Crippen LogP contribution in [0.25, 0.3) is 34.4 Å². The van der Waals surface area contributed by atoms with Crippen molar-refractivity contribution in [2.24, 2.45) is 11.8 Å². The van der Waals surface area contributed by atoms with E-state index in [1.165, 1.54) is 41.6 Å². The van der Waals surface area contributed by atoms with Crippen LogP contribution in [0.5, 0.6) is 11.5 Å². The minimum absolute atomic E-state index is 0. The van der Waals surface area contributed by atoms with Crippen molar-refractivity contribution in [2.45, 2.75) is 43.2 Å². The Morgan fingerprint density at radius 3 is 1.24 bits per heavy atom. The zero-order valence-corrected chi connectivity index (χ0v) is 31.0. The maximum atomic E-state index is 5.46. The van der Waals surface area contributed by atoms with E-state index in [1.807, 2.05) is 0 Å². The fourth-order valence-corrected chi connectivity index (χ4v) is 26.2. The van der Waals surface area contributed by atoms with Crippen LogP contribution >= 0.6 is 0 Å². The predicted molar refractivity (Wildman–Crippen MR) is 178 cm³/mol. The van der Waals surface area contributed by atoms with Gasteiger partial charge in [0.25, 0.3) is 0 Å². The van der Waals surface area contributed by atoms with Gasteiger partial charge in [-0.25, -0.2) is 0 Å². The molecule has 1 saturated heterocycles. The van der Waals surface area contributed by atoms with Crippen molar-refractivity contribution in [3.05, 3.63) is 118 Å². The Hall–Kier alpha value is -2.58. The molecule has 1 heterocycles. The number of hydrogen-bond acceptors (Lipinski definition) is 2. The van der Waals surface area contributed by atoms with Gasteiger partial charge < -0.3 is 24.8 Å². The fourth-order valence-electron chi connectivity index (χ4n) is 8.07. The summed E-state index contributed by atoms with van der Waals surface area (Å²) in [5, 5.41) is 0. The molecule has 1 aliphatic heterocycles. The number of rotatable bonds is 8. The van der Waals surface area contributed by atoms with Crippen molar-refractivity contribution < 1.29 is 54.6 Å². The summed E-state index contributed by atoms with van der Waals surface area (Å²) in [5.41, 5.74) is 14.8. The van der Waals surface area contributed by atoms with Gasteiger partial charge in [0, 0.05) is 0 Å². The summed E-state index contributed by atoms with van der Waals surface area (Å²) in [6, 6.07) is 31.4. The van der Waals surface area contributed by atoms with Crippen LogP contribution in [-0.2, 0) is 20.3 Å². The molecule has 3 aliphatic rings. The van der Waals surface area contributed by atoms with E-state index < -0.39 is 20.3 Å². The van der Waals surface area contributed by atoms with Gasteiger partial charge in [-0.1, -0.05) is 0 Å². The van der Waals surface area contributed by atoms with Gasteiger partial charge >= 0.3 is 263 Å². The number of ether oxygens (including phenoxy) is 2. The molecular formula is C40H42Cl2O2Zr. The van der Waals surface area contributed by atoms with Crippen LogP contribution < -0.4 is 34.3 Å². The Kier molecular flexibility index (Phi) is 9.96. The second-order valence-electron chi connectivity index (χ2n) is 13.3. The minimum Gasteiger partial charge on any atom is -1.00 e. The van der Waals surface area contributed by atoms with Crippen LogP contribution in [0.1, 0.15) is 57.2 Å². The number of allylic oxidation sites excluding steroid dienone is 2. The van der Waals surface area contributed by atoms with Crippen LogP contribution in [0.2, 0.25) is 8.26 Å². The van der Waals surface area contributed by atoms with Crippen LogP contribution in [0.15, 0.2) is 96.1 Å². The second kappa shape index (κ2) is 13.3. The van der Waals surface area contributed by atoms with Gasteiger partial charge in [-0.05, 0) is 0 Å². The first kappa shape index (κ1) is 33.8. The molecule has 7 rings (SSSR count). The molecule has 4 aromatic rings. The van der Waals surface area contributed by atoms with Crippen LogP contribution in [0.3, 0.4) is 0 Å². The Balaban J connectivity index is 0.00000200. The molecule has 0 radical (unpaired) electrons. The Labute approximate surface area is 286 Å². The zero-order chi connectivity index (χ0) is 29.9. The molecule has 1 fully saturated rings. The van der Waals surface area contributed by atoms with Gasteiger partial charge in [0.15, 0.2) is 0 Å². The van der Waals surface area contributed by atoms with E-state index in [1.54, 1.807) is 36.5 Å². The molecule has 2 aliphatic carbocycles. The van der Waals surface area contributed by atoms with E-state index in [0.29, 0.717) is 19.1 Å². The summed E-state index contributed by atoms with van der Waals surface area (Å²) in [6.07, 6.45) is 5.20. The third-order valence-corrected chi connectivity index (χ3v) is 23.2. The summed E-state index contributed by atoms with van der Waals surface area (Å²) in [4.78, 5) is 0. The van der Waals surface area contributed by atoms with Gasteiger partial charge in [0.2, 0.25) is 0 Å². The predicted octanol–water partition coefficient (Wildman–Crippen LogP) is 4.94. The van der Waals surface area contributed by atoms with Gasteiger partial charge in [0.1, 0.15) is 0 Å². The monoisotopic (exact) mass is 714 g/mol. The summed E-state index contributed by atoms with van der Waals surface area (Å²) in [7, 11) is 3.47. The molecule has 2 atom stereocenters. The van der Waals surface area contributed by atoms with E-state index in [4.69, 9.17) is 9.47 Å². The molecule has 4 aromatic carbocycles. The average Bonchev–Trinajstić information content (AvgIpc) is 3.54. The molecule has 2 unspecified atom stereocenters. The summed E-state index contributed by atoms with van der Waals surface area (Å²) in [6.45, 7) is 9.68. The van der Waals surface area contributed by atoms with Crippen LogP contribution in [0, 0.1) is 11.8 Å². The number of hydrogen-bond donors (Lipinski definition) is 0. The molecular weight excluding hydrogens is 675 g/mol. The van der Waals surface area contributed by atoms with Crippen molar-refractivity contribution in [3.63, 3.8) is 0 Å². The van der Waals surface area contributed by atoms with Crippen LogP contribution in [-0.4, -0.2) is 14.2 Å². The number of halogens is 2. The van der Waals surface area contributed by atoms with Gasteiger partial charge in [0.05, 0.1) is 0 Å². The van der Waals surface area contributed by atoms with E-state index in [2.05, 4.69) is 125 Å². The molecule has 45 heavy (non-hydrogen) atoms. The van der Waals surface area contributed by atoms with Crippen molar-refractivity contribution in [1.82, 2.24) is 0 Å². The first-order valence-electron chi connectivity index (χ1n) is 15.8. The molecule has 0 N–H and O–H groups in total. The topological polar surface area (TPSA) is 18.5 Å². The quantitative estimate of drug-likeness (QED) is 0.258. The summed E-state index contributed by atoms with van der Waals surface area (Å²) < 4.78 is 15.1. The maximum Gasteiger partial charge on any atom is -1.00 e. The molecule has 2 nitrogen and oxygen atoms in total. The Bertz CT molecular complexity index is 1620. The summed E-state index contributed by atoms with van der Waals surface area (Å²) >= 11 is -2.81. The standard InChI is InChI=1S/2C19H19O.C2H4.2ClH.Zr/c2*1-13(2)16-11-15-5-4-6-18(19(15)12-16)14-7-9-17(20-3)10-8-14;1-2;;;/h2*4-13H,1-3H3;1-2H2;2*1H;/q;;;;;+2/p-2. The smallest absolute Gasteiger partial charge is 1.00 e. The van der Waals surface area contributed by atoms with E-state index in [9.17, 15) is 0 Å². The molecule has 0 aromatic heterocycles. The third-order valence-electron chi connectivity index (χ3n) is 10.3. The zero-order valence-electron chi connectivity index (χ0n) is 27.0. The van der Waals surface area contributed by atoms with Crippen molar-refractivity contribution >= 4 is 12.2 Å².